The summed E-state index contributed by atoms with van der Waals surface area (Å²) < 4.78 is 1.40. The minimum absolute atomic E-state index is 0.0598. The lowest BCUT2D eigenvalue weighted by Gasteiger charge is -2.18. The summed E-state index contributed by atoms with van der Waals surface area (Å²) in [5.41, 5.74) is 0.602. The number of nitrogens with zero attached hydrogens (tertiary/aromatic N) is 2. The Labute approximate surface area is 145 Å². The van der Waals surface area contributed by atoms with Gasteiger partial charge in [-0.2, -0.15) is 0 Å². The van der Waals surface area contributed by atoms with Crippen molar-refractivity contribution in [2.75, 3.05) is 6.54 Å². The van der Waals surface area contributed by atoms with Gasteiger partial charge in [-0.15, -0.1) is 5.10 Å². The highest BCUT2D eigenvalue weighted by molar-refractivity contribution is 5.76. The number of para-hydroxylation sites is 1. The number of benzene rings is 1. The summed E-state index contributed by atoms with van der Waals surface area (Å²) >= 11 is 0. The van der Waals surface area contributed by atoms with Crippen LogP contribution in [0.5, 0.6) is 0 Å². The van der Waals surface area contributed by atoms with Crippen LogP contribution in [0.15, 0.2) is 41.2 Å². The van der Waals surface area contributed by atoms with Gasteiger partial charge in [-0.1, -0.05) is 29.0 Å². The molecule has 130 valence electrons. The van der Waals surface area contributed by atoms with E-state index in [4.69, 9.17) is 0 Å². The lowest BCUT2D eigenvalue weighted by atomic mass is 9.93. The van der Waals surface area contributed by atoms with E-state index in [-0.39, 0.29) is 11.5 Å². The first-order chi connectivity index (χ1) is 12.2. The molecule has 2 aliphatic carbocycles. The van der Waals surface area contributed by atoms with Crippen LogP contribution in [0.1, 0.15) is 25.7 Å². The molecule has 0 radical (unpaired) electrons. The topological polar surface area (TPSA) is 78.1 Å². The fourth-order valence-electron chi connectivity index (χ4n) is 4.07. The molecule has 2 aliphatic rings. The maximum absolute atomic E-state index is 12.4. The van der Waals surface area contributed by atoms with E-state index in [2.05, 4.69) is 27.8 Å². The third kappa shape index (κ3) is 3.34. The molecule has 0 spiro atoms. The van der Waals surface area contributed by atoms with E-state index in [1.807, 2.05) is 18.2 Å². The number of allylic oxidation sites excluding steroid dienone is 2. The van der Waals surface area contributed by atoms with Gasteiger partial charge in [0.05, 0.1) is 5.21 Å². The Bertz CT molecular complexity index is 873. The van der Waals surface area contributed by atoms with Crippen molar-refractivity contribution in [1.29, 1.82) is 0 Å². The van der Waals surface area contributed by atoms with Gasteiger partial charge in [0.2, 0.25) is 5.91 Å². The van der Waals surface area contributed by atoms with Gasteiger partial charge in [0.1, 0.15) is 11.9 Å². The van der Waals surface area contributed by atoms with Gasteiger partial charge < -0.3 is 5.32 Å². The molecule has 2 N–H and O–H groups in total. The van der Waals surface area contributed by atoms with Gasteiger partial charge in [0.25, 0.3) is 0 Å². The van der Waals surface area contributed by atoms with Crippen molar-refractivity contribution in [3.05, 3.63) is 46.8 Å². The summed E-state index contributed by atoms with van der Waals surface area (Å²) in [5, 5.41) is 10.6. The van der Waals surface area contributed by atoms with E-state index in [0.717, 1.165) is 18.0 Å². The maximum Gasteiger partial charge on any atom is 0.365 e. The largest absolute Gasteiger partial charge is 0.365 e. The molecule has 1 aromatic heterocycles. The third-order valence-corrected chi connectivity index (χ3v) is 5.43. The predicted octanol–water partition coefficient (Wildman–Crippen LogP) is 1.32. The Morgan fingerprint density at radius 1 is 1.28 bits per heavy atom. The van der Waals surface area contributed by atoms with E-state index >= 15 is 0 Å². The summed E-state index contributed by atoms with van der Waals surface area (Å²) in [5.74, 6) is 2.04. The summed E-state index contributed by atoms with van der Waals surface area (Å²) in [6.45, 7) is 1.21. The van der Waals surface area contributed by atoms with Crippen molar-refractivity contribution in [2.24, 2.45) is 17.8 Å². The predicted molar refractivity (Wildman–Crippen MR) is 93.6 cm³/mol. The van der Waals surface area contributed by atoms with Gasteiger partial charge in [-0.05, 0) is 49.1 Å². The monoisotopic (exact) mass is 339 g/mol. The van der Waals surface area contributed by atoms with Crippen LogP contribution >= 0.6 is 0 Å². The van der Waals surface area contributed by atoms with Crippen LogP contribution in [0.2, 0.25) is 0 Å². The molecule has 0 saturated heterocycles. The molecule has 2 aromatic rings. The van der Waals surface area contributed by atoms with Crippen LogP contribution in [0.25, 0.3) is 10.9 Å². The second-order valence-electron chi connectivity index (χ2n) is 7.13. The van der Waals surface area contributed by atoms with Crippen LogP contribution in [-0.2, 0) is 11.3 Å². The number of H-pyrrole nitrogens is 1. The van der Waals surface area contributed by atoms with Crippen LogP contribution in [0, 0.1) is 17.8 Å². The highest BCUT2D eigenvalue weighted by Gasteiger charge is 2.35. The van der Waals surface area contributed by atoms with Crippen LogP contribution in [-0.4, -0.2) is 22.3 Å². The molecule has 1 aromatic carbocycles. The zero-order valence-corrected chi connectivity index (χ0v) is 14.1. The van der Waals surface area contributed by atoms with Gasteiger partial charge >= 0.3 is 5.56 Å². The van der Waals surface area contributed by atoms with Crippen LogP contribution in [0.3, 0.4) is 0 Å². The first-order valence-electron chi connectivity index (χ1n) is 9.03. The average molecular weight is 339 g/mol. The average Bonchev–Trinajstić information content (AvgIpc) is 3.25. The molecule has 0 aliphatic heterocycles. The van der Waals surface area contributed by atoms with Gasteiger partial charge in [0, 0.05) is 13.0 Å². The molecule has 4 rings (SSSR count). The van der Waals surface area contributed by atoms with Crippen molar-refractivity contribution in [2.45, 2.75) is 32.2 Å². The highest BCUT2D eigenvalue weighted by Crippen LogP contribution is 2.42. The number of hydrogen-bond acceptors (Lipinski definition) is 3. The summed E-state index contributed by atoms with van der Waals surface area (Å²) in [6, 6.07) is 7.30. The molecule has 1 saturated carbocycles. The molecule has 6 heteroatoms. The molecule has 2 bridgehead atoms. The Morgan fingerprint density at radius 2 is 2.16 bits per heavy atom. The van der Waals surface area contributed by atoms with E-state index in [1.54, 1.807) is 6.07 Å². The Balaban J connectivity index is 1.26. The molecular formula is C19H23N4O2+. The zero-order valence-electron chi connectivity index (χ0n) is 14.1. The number of aromatic amines is 1. The molecule has 25 heavy (non-hydrogen) atoms. The Morgan fingerprint density at radius 3 is 2.96 bits per heavy atom. The van der Waals surface area contributed by atoms with Gasteiger partial charge in [0.15, 0.2) is 5.52 Å². The third-order valence-electron chi connectivity index (χ3n) is 5.43. The molecule has 1 amide bonds. The van der Waals surface area contributed by atoms with Crippen molar-refractivity contribution < 1.29 is 9.89 Å². The molecule has 1 fully saturated rings. The maximum atomic E-state index is 12.4. The number of aryl methyl sites for hydroxylation is 1. The van der Waals surface area contributed by atoms with Crippen molar-refractivity contribution in [1.82, 2.24) is 15.2 Å². The number of hydrogen-bond donors (Lipinski definition) is 1. The number of rotatable bonds is 6. The first kappa shape index (κ1) is 16.0. The lowest BCUT2D eigenvalue weighted by Crippen LogP contribution is -2.33. The molecule has 3 unspecified atom stereocenters. The Kier molecular flexibility index (Phi) is 4.34. The smallest absolute Gasteiger partial charge is 0.356 e. The SMILES string of the molecule is O=C(CCCn1n[nH+]c2ccccc2c1=O)NCC1CC2C=CC1C2. The lowest BCUT2D eigenvalue weighted by molar-refractivity contribution is -0.439. The summed E-state index contributed by atoms with van der Waals surface area (Å²) in [4.78, 5) is 24.4. The minimum Gasteiger partial charge on any atom is -0.356 e. The molecule has 6 nitrogen and oxygen atoms in total. The van der Waals surface area contributed by atoms with E-state index in [9.17, 15) is 9.59 Å². The van der Waals surface area contributed by atoms with Crippen LogP contribution < -0.4 is 16.0 Å². The first-order valence-corrected chi connectivity index (χ1v) is 9.03. The highest BCUT2D eigenvalue weighted by atomic mass is 16.1. The van der Waals surface area contributed by atoms with E-state index in [1.165, 1.54) is 17.5 Å². The van der Waals surface area contributed by atoms with E-state index in [0.29, 0.717) is 36.6 Å². The van der Waals surface area contributed by atoms with Gasteiger partial charge in [-0.3, -0.25) is 4.79 Å². The minimum atomic E-state index is -0.122. The second-order valence-corrected chi connectivity index (χ2v) is 7.13. The number of carbonyl (C=O) groups is 1. The van der Waals surface area contributed by atoms with E-state index < -0.39 is 0 Å². The summed E-state index contributed by atoms with van der Waals surface area (Å²) in [6.07, 6.45) is 8.09. The number of aromatic nitrogens is 3. The number of carbonyl (C=O) groups excluding carboxylic acids is 1. The quantitative estimate of drug-likeness (QED) is 0.806. The fourth-order valence-corrected chi connectivity index (χ4v) is 4.07. The van der Waals surface area contributed by atoms with Gasteiger partial charge in [-0.25, -0.2) is 4.79 Å². The molecular weight excluding hydrogens is 316 g/mol. The van der Waals surface area contributed by atoms with Crippen molar-refractivity contribution >= 4 is 16.8 Å². The Hall–Kier alpha value is -2.50. The second kappa shape index (κ2) is 6.78. The number of fused-ring (bicyclic) bond motifs is 3. The summed E-state index contributed by atoms with van der Waals surface area (Å²) in [7, 11) is 0. The number of amides is 1. The van der Waals surface area contributed by atoms with Crippen LogP contribution in [0.4, 0.5) is 0 Å². The normalized spacial score (nSPS) is 24.1. The standard InChI is InChI=1S/C19H22N4O2/c24-18(20-12-15-11-13-7-8-14(15)10-13)6-3-9-23-19(25)16-4-1-2-5-17(16)21-22-23/h1-2,4-5,7-8,13-15H,3,6,9-12H2,(H,20,24)/p+1. The molecule has 1 heterocycles. The fraction of sp³-hybridized carbons (Fsp3) is 0.474. The van der Waals surface area contributed by atoms with Crippen molar-refractivity contribution in [3.63, 3.8) is 0 Å². The van der Waals surface area contributed by atoms with Crippen molar-refractivity contribution in [3.8, 4) is 0 Å². The zero-order chi connectivity index (χ0) is 17.2. The molecule has 3 atom stereocenters. The number of nitrogens with one attached hydrogen (secondary N) is 2.